The Balaban J connectivity index is 1.33. The number of imide groups is 1. The van der Waals surface area contributed by atoms with E-state index in [0.717, 1.165) is 23.0 Å². The van der Waals surface area contributed by atoms with Gasteiger partial charge in [0, 0.05) is 5.69 Å². The number of amides is 3. The molecule has 0 aliphatic carbocycles. The smallest absolute Gasteiger partial charge is 0.415 e. The lowest BCUT2D eigenvalue weighted by molar-refractivity contribution is -0.118. The summed E-state index contributed by atoms with van der Waals surface area (Å²) in [4.78, 5) is 37.0. The summed E-state index contributed by atoms with van der Waals surface area (Å²) >= 11 is 1.01. The van der Waals surface area contributed by atoms with Gasteiger partial charge in [-0.2, -0.15) is 0 Å². The normalized spacial score (nSPS) is 23.0. The van der Waals surface area contributed by atoms with Gasteiger partial charge in [0.2, 0.25) is 5.91 Å². The van der Waals surface area contributed by atoms with E-state index >= 15 is 0 Å². The van der Waals surface area contributed by atoms with Gasteiger partial charge in [-0.3, -0.25) is 19.8 Å². The Morgan fingerprint density at radius 2 is 1.71 bits per heavy atom. The fraction of sp³-hybridized carbons (Fsp3) is 0.318. The monoisotopic (exact) mass is 442 g/mol. The molecule has 2 aliphatic rings. The third-order valence-corrected chi connectivity index (χ3v) is 6.25. The molecule has 3 atom stereocenters. The first-order chi connectivity index (χ1) is 14.9. The van der Waals surface area contributed by atoms with Crippen LogP contribution in [0.1, 0.15) is 12.5 Å². The van der Waals surface area contributed by atoms with E-state index in [9.17, 15) is 14.4 Å². The summed E-state index contributed by atoms with van der Waals surface area (Å²) in [6, 6.07) is 14.3. The number of nitrogens with zero attached hydrogens (tertiary/aromatic N) is 1. The molecule has 4 rings (SSSR count). The highest BCUT2D eigenvalue weighted by Gasteiger charge is 2.40. The van der Waals surface area contributed by atoms with Crippen LogP contribution in [0.4, 0.5) is 15.3 Å². The SMILES string of the molecule is COc1ccc(N2C(=O)O[C@H](COc3ccc(CC4SC(=O)NC4=O)cc3)[C@@H]2C)cc1. The molecule has 162 valence electrons. The summed E-state index contributed by atoms with van der Waals surface area (Å²) in [6.07, 6.45) is -0.362. The molecule has 2 aliphatic heterocycles. The number of cyclic esters (lactones) is 1. The molecule has 31 heavy (non-hydrogen) atoms. The van der Waals surface area contributed by atoms with Gasteiger partial charge in [0.1, 0.15) is 18.1 Å². The third kappa shape index (κ3) is 4.61. The molecule has 0 spiro atoms. The molecule has 2 fully saturated rings. The molecule has 1 N–H and O–H groups in total. The largest absolute Gasteiger partial charge is 0.497 e. The molecule has 8 nitrogen and oxygen atoms in total. The van der Waals surface area contributed by atoms with Crippen molar-refractivity contribution in [1.82, 2.24) is 5.32 Å². The van der Waals surface area contributed by atoms with Crippen molar-refractivity contribution in [3.05, 3.63) is 54.1 Å². The van der Waals surface area contributed by atoms with Crippen molar-refractivity contribution in [3.63, 3.8) is 0 Å². The second-order valence-corrected chi connectivity index (χ2v) is 8.45. The number of hydrogen-bond acceptors (Lipinski definition) is 7. The third-order valence-electron chi connectivity index (χ3n) is 5.27. The Bertz CT molecular complexity index is 979. The first-order valence-corrected chi connectivity index (χ1v) is 10.7. The number of carbonyl (C=O) groups excluding carboxylic acids is 3. The summed E-state index contributed by atoms with van der Waals surface area (Å²) in [5.41, 5.74) is 1.67. The van der Waals surface area contributed by atoms with Crippen molar-refractivity contribution in [2.45, 2.75) is 30.7 Å². The van der Waals surface area contributed by atoms with E-state index < -0.39 is 17.4 Å². The van der Waals surface area contributed by atoms with E-state index in [1.165, 1.54) is 0 Å². The van der Waals surface area contributed by atoms with Gasteiger partial charge in [-0.05, 0) is 55.3 Å². The molecule has 3 amide bonds. The minimum Gasteiger partial charge on any atom is -0.497 e. The van der Waals surface area contributed by atoms with E-state index in [0.29, 0.717) is 17.9 Å². The zero-order valence-electron chi connectivity index (χ0n) is 17.1. The Labute approximate surface area is 183 Å². The van der Waals surface area contributed by atoms with Crippen LogP contribution in [-0.2, 0) is 16.0 Å². The second-order valence-electron chi connectivity index (χ2n) is 7.27. The summed E-state index contributed by atoms with van der Waals surface area (Å²) in [6.45, 7) is 2.13. The van der Waals surface area contributed by atoms with Crippen molar-refractivity contribution in [2.75, 3.05) is 18.6 Å². The van der Waals surface area contributed by atoms with Crippen molar-refractivity contribution >= 4 is 34.7 Å². The Kier molecular flexibility index (Phi) is 6.03. The highest BCUT2D eigenvalue weighted by atomic mass is 32.2. The van der Waals surface area contributed by atoms with E-state index in [2.05, 4.69) is 5.32 Å². The van der Waals surface area contributed by atoms with Crippen LogP contribution >= 0.6 is 11.8 Å². The maximum atomic E-state index is 12.4. The first-order valence-electron chi connectivity index (χ1n) is 9.81. The zero-order chi connectivity index (χ0) is 22.0. The van der Waals surface area contributed by atoms with Crippen LogP contribution in [0.2, 0.25) is 0 Å². The van der Waals surface area contributed by atoms with Gasteiger partial charge in [-0.25, -0.2) is 4.79 Å². The van der Waals surface area contributed by atoms with Gasteiger partial charge in [-0.15, -0.1) is 0 Å². The Morgan fingerprint density at radius 1 is 1.03 bits per heavy atom. The lowest BCUT2D eigenvalue weighted by Gasteiger charge is -2.21. The number of rotatable bonds is 7. The van der Waals surface area contributed by atoms with Crippen molar-refractivity contribution in [2.24, 2.45) is 0 Å². The van der Waals surface area contributed by atoms with Gasteiger partial charge in [0.15, 0.2) is 6.10 Å². The number of anilines is 1. The van der Waals surface area contributed by atoms with E-state index in [1.807, 2.05) is 31.2 Å². The number of hydrogen-bond donors (Lipinski definition) is 1. The van der Waals surface area contributed by atoms with Crippen LogP contribution in [0.15, 0.2) is 48.5 Å². The van der Waals surface area contributed by atoms with Crippen molar-refractivity contribution < 1.29 is 28.6 Å². The van der Waals surface area contributed by atoms with Crippen molar-refractivity contribution in [1.29, 1.82) is 0 Å². The fourth-order valence-electron chi connectivity index (χ4n) is 3.52. The highest BCUT2D eigenvalue weighted by Crippen LogP contribution is 2.29. The van der Waals surface area contributed by atoms with Crippen LogP contribution in [0.25, 0.3) is 0 Å². The summed E-state index contributed by atoms with van der Waals surface area (Å²) in [5.74, 6) is 1.09. The number of carbonyl (C=O) groups is 3. The van der Waals surface area contributed by atoms with Crippen LogP contribution < -0.4 is 19.7 Å². The fourth-order valence-corrected chi connectivity index (χ4v) is 4.38. The van der Waals surface area contributed by atoms with Crippen molar-refractivity contribution in [3.8, 4) is 11.5 Å². The quantitative estimate of drug-likeness (QED) is 0.702. The number of methoxy groups -OCH3 is 1. The number of thioether (sulfide) groups is 1. The van der Waals surface area contributed by atoms with Gasteiger partial charge in [0.05, 0.1) is 18.4 Å². The molecule has 9 heteroatoms. The summed E-state index contributed by atoms with van der Waals surface area (Å²) < 4.78 is 16.5. The molecule has 0 radical (unpaired) electrons. The second kappa shape index (κ2) is 8.89. The predicted molar refractivity (Wildman–Crippen MR) is 116 cm³/mol. The Morgan fingerprint density at radius 3 is 2.32 bits per heavy atom. The molecule has 0 aromatic heterocycles. The predicted octanol–water partition coefficient (Wildman–Crippen LogP) is 3.38. The lowest BCUT2D eigenvalue weighted by Crippen LogP contribution is -2.36. The summed E-state index contributed by atoms with van der Waals surface area (Å²) in [7, 11) is 1.59. The van der Waals surface area contributed by atoms with Gasteiger partial charge >= 0.3 is 6.09 Å². The van der Waals surface area contributed by atoms with E-state index in [1.54, 1.807) is 36.3 Å². The average Bonchev–Trinajstić information content (AvgIpc) is 3.24. The maximum Gasteiger partial charge on any atom is 0.415 e. The van der Waals surface area contributed by atoms with Crippen LogP contribution in [0, 0.1) is 0 Å². The molecule has 0 saturated carbocycles. The standard InChI is InChI=1S/C22H22N2O6S/c1-13-18(30-22(27)24(13)15-5-9-16(28-2)10-6-15)12-29-17-7-3-14(4-8-17)11-19-20(25)23-21(26)31-19/h3-10,13,18-19H,11-12H2,1-2H3,(H,23,25,26)/t13-,18+,19?/m0/s1. The molecular formula is C22H22N2O6S. The number of benzene rings is 2. The molecule has 2 heterocycles. The lowest BCUT2D eigenvalue weighted by atomic mass is 10.1. The minimum atomic E-state index is -0.418. The minimum absolute atomic E-state index is 0.199. The first kappa shape index (κ1) is 21.0. The molecule has 2 aromatic carbocycles. The number of ether oxygens (including phenoxy) is 3. The topological polar surface area (TPSA) is 94.2 Å². The van der Waals surface area contributed by atoms with E-state index in [4.69, 9.17) is 14.2 Å². The molecule has 0 bridgehead atoms. The highest BCUT2D eigenvalue weighted by molar-refractivity contribution is 8.15. The van der Waals surface area contributed by atoms with Crippen LogP contribution in [0.5, 0.6) is 11.5 Å². The van der Waals surface area contributed by atoms with Gasteiger partial charge in [-0.1, -0.05) is 23.9 Å². The van der Waals surface area contributed by atoms with E-state index in [-0.39, 0.29) is 23.8 Å². The molecule has 1 unspecified atom stereocenters. The summed E-state index contributed by atoms with van der Waals surface area (Å²) in [5, 5.41) is 1.58. The molecule has 2 saturated heterocycles. The Hall–Kier alpha value is -3.20. The number of nitrogens with one attached hydrogen (secondary N) is 1. The van der Waals surface area contributed by atoms with Crippen LogP contribution in [0.3, 0.4) is 0 Å². The molecular weight excluding hydrogens is 420 g/mol. The average molecular weight is 442 g/mol. The van der Waals surface area contributed by atoms with Gasteiger partial charge < -0.3 is 14.2 Å². The maximum absolute atomic E-state index is 12.4. The zero-order valence-corrected chi connectivity index (χ0v) is 17.9. The van der Waals surface area contributed by atoms with Gasteiger partial charge in [0.25, 0.3) is 5.24 Å². The molecule has 2 aromatic rings. The van der Waals surface area contributed by atoms with Crippen LogP contribution in [-0.4, -0.2) is 48.4 Å².